The van der Waals surface area contributed by atoms with Gasteiger partial charge in [0.15, 0.2) is 0 Å². The Balaban J connectivity index is 2.33. The van der Waals surface area contributed by atoms with Crippen LogP contribution in [0.5, 0.6) is 0 Å². The van der Waals surface area contributed by atoms with E-state index in [-0.39, 0.29) is 0 Å². The maximum absolute atomic E-state index is 7.32. The van der Waals surface area contributed by atoms with Crippen molar-refractivity contribution in [3.8, 4) is 0 Å². The fraction of sp³-hybridized carbons (Fsp3) is 0.833. The molecule has 1 fully saturated rings. The minimum Gasteiger partial charge on any atom is -0.358 e. The fourth-order valence-corrected chi connectivity index (χ4v) is 1.06. The molecule has 1 heterocycles. The van der Waals surface area contributed by atoms with Crippen molar-refractivity contribution in [2.24, 2.45) is 5.84 Å². The second kappa shape index (κ2) is 2.98. The zero-order valence-electron chi connectivity index (χ0n) is 6.30. The monoisotopic (exact) mass is 142 g/mol. The van der Waals surface area contributed by atoms with Crippen LogP contribution < -0.4 is 5.84 Å². The molecule has 0 saturated carbocycles. The van der Waals surface area contributed by atoms with Gasteiger partial charge in [0, 0.05) is 26.2 Å². The molecule has 0 bridgehead atoms. The first kappa shape index (κ1) is 7.50. The van der Waals surface area contributed by atoms with Crippen molar-refractivity contribution in [3.63, 3.8) is 0 Å². The highest BCUT2D eigenvalue weighted by Gasteiger charge is 2.13. The molecule has 58 valence electrons. The summed E-state index contributed by atoms with van der Waals surface area (Å²) in [5, 5.41) is 9.11. The number of rotatable bonds is 0. The Hall–Kier alpha value is -0.610. The minimum absolute atomic E-state index is 0.646. The average Bonchev–Trinajstić information content (AvgIpc) is 1.88. The number of piperazine rings is 1. The summed E-state index contributed by atoms with van der Waals surface area (Å²) in [7, 11) is 0. The van der Waals surface area contributed by atoms with E-state index in [0.29, 0.717) is 5.84 Å². The Kier molecular flexibility index (Phi) is 2.24. The van der Waals surface area contributed by atoms with E-state index in [2.05, 4.69) is 0 Å². The van der Waals surface area contributed by atoms with Crippen LogP contribution in [0.4, 0.5) is 0 Å². The van der Waals surface area contributed by atoms with Crippen molar-refractivity contribution in [1.82, 2.24) is 9.91 Å². The number of nitrogens with two attached hydrogens (primary N) is 1. The van der Waals surface area contributed by atoms with Crippen molar-refractivity contribution in [2.75, 3.05) is 26.2 Å². The third-order valence-corrected chi connectivity index (χ3v) is 1.79. The Morgan fingerprint density at radius 1 is 1.30 bits per heavy atom. The van der Waals surface area contributed by atoms with Crippen molar-refractivity contribution < 1.29 is 0 Å². The topological polar surface area (TPSA) is 56.4 Å². The molecule has 0 aliphatic carbocycles. The molecule has 10 heavy (non-hydrogen) atoms. The SMILES string of the molecule is CC(=N)N1CCN(N)CC1. The van der Waals surface area contributed by atoms with E-state index in [4.69, 9.17) is 11.3 Å². The van der Waals surface area contributed by atoms with Crippen LogP contribution in [0.2, 0.25) is 0 Å². The highest BCUT2D eigenvalue weighted by atomic mass is 15.4. The van der Waals surface area contributed by atoms with Crippen LogP contribution in [0, 0.1) is 5.41 Å². The van der Waals surface area contributed by atoms with Crippen LogP contribution in [0.25, 0.3) is 0 Å². The van der Waals surface area contributed by atoms with Crippen LogP contribution in [0.15, 0.2) is 0 Å². The molecule has 4 nitrogen and oxygen atoms in total. The van der Waals surface area contributed by atoms with Gasteiger partial charge in [-0.05, 0) is 6.92 Å². The molecule has 0 aromatic rings. The summed E-state index contributed by atoms with van der Waals surface area (Å²) in [6.45, 7) is 5.34. The molecule has 1 aliphatic heterocycles. The zero-order valence-corrected chi connectivity index (χ0v) is 6.30. The third-order valence-electron chi connectivity index (χ3n) is 1.79. The lowest BCUT2D eigenvalue weighted by atomic mass is 10.3. The van der Waals surface area contributed by atoms with Crippen LogP contribution in [0.1, 0.15) is 6.92 Å². The number of nitrogens with zero attached hydrogens (tertiary/aromatic N) is 2. The first-order chi connectivity index (χ1) is 4.70. The predicted molar refractivity (Wildman–Crippen MR) is 40.7 cm³/mol. The lowest BCUT2D eigenvalue weighted by Crippen LogP contribution is -2.50. The van der Waals surface area contributed by atoms with Crippen molar-refractivity contribution in [2.45, 2.75) is 6.92 Å². The Bertz CT molecular complexity index is 126. The first-order valence-electron chi connectivity index (χ1n) is 3.50. The summed E-state index contributed by atoms with van der Waals surface area (Å²) in [5.41, 5.74) is 0. The number of amidine groups is 1. The van der Waals surface area contributed by atoms with Gasteiger partial charge in [-0.25, -0.2) is 5.01 Å². The zero-order chi connectivity index (χ0) is 7.56. The molecule has 4 heteroatoms. The van der Waals surface area contributed by atoms with E-state index in [1.54, 1.807) is 5.01 Å². The van der Waals surface area contributed by atoms with Gasteiger partial charge >= 0.3 is 0 Å². The van der Waals surface area contributed by atoms with E-state index < -0.39 is 0 Å². The summed E-state index contributed by atoms with van der Waals surface area (Å²) in [5.74, 6) is 6.18. The van der Waals surface area contributed by atoms with Crippen LogP contribution in [-0.2, 0) is 0 Å². The van der Waals surface area contributed by atoms with Gasteiger partial charge in [0.05, 0.1) is 5.84 Å². The Labute approximate surface area is 61.1 Å². The average molecular weight is 142 g/mol. The Morgan fingerprint density at radius 3 is 2.20 bits per heavy atom. The minimum atomic E-state index is 0.646. The van der Waals surface area contributed by atoms with Gasteiger partial charge in [0.2, 0.25) is 0 Å². The molecule has 0 unspecified atom stereocenters. The molecular formula is C6H14N4. The lowest BCUT2D eigenvalue weighted by molar-refractivity contribution is 0.184. The molecule has 0 radical (unpaired) electrons. The summed E-state index contributed by atoms with van der Waals surface area (Å²) in [4.78, 5) is 2.03. The quantitative estimate of drug-likeness (QED) is 0.272. The second-order valence-corrected chi connectivity index (χ2v) is 2.61. The van der Waals surface area contributed by atoms with E-state index in [1.165, 1.54) is 0 Å². The lowest BCUT2D eigenvalue weighted by Gasteiger charge is -2.32. The fourth-order valence-electron chi connectivity index (χ4n) is 1.06. The van der Waals surface area contributed by atoms with Crippen molar-refractivity contribution in [3.05, 3.63) is 0 Å². The second-order valence-electron chi connectivity index (χ2n) is 2.61. The summed E-state index contributed by atoms with van der Waals surface area (Å²) in [6, 6.07) is 0. The molecule has 1 aliphatic rings. The maximum atomic E-state index is 7.32. The maximum Gasteiger partial charge on any atom is 0.0926 e. The molecule has 3 N–H and O–H groups in total. The summed E-state index contributed by atoms with van der Waals surface area (Å²) >= 11 is 0. The van der Waals surface area contributed by atoms with Gasteiger partial charge in [-0.1, -0.05) is 0 Å². The predicted octanol–water partition coefficient (Wildman–Crippen LogP) is -0.525. The molecule has 0 atom stereocenters. The van der Waals surface area contributed by atoms with Gasteiger partial charge in [-0.15, -0.1) is 0 Å². The molecule has 0 spiro atoms. The summed E-state index contributed by atoms with van der Waals surface area (Å²) < 4.78 is 0. The van der Waals surface area contributed by atoms with E-state index in [1.807, 2.05) is 11.8 Å². The van der Waals surface area contributed by atoms with Crippen LogP contribution in [0.3, 0.4) is 0 Å². The molecule has 0 aromatic heterocycles. The number of nitrogens with one attached hydrogen (secondary N) is 1. The van der Waals surface area contributed by atoms with E-state index >= 15 is 0 Å². The van der Waals surface area contributed by atoms with E-state index in [9.17, 15) is 0 Å². The van der Waals surface area contributed by atoms with Crippen LogP contribution in [-0.4, -0.2) is 41.9 Å². The smallest absolute Gasteiger partial charge is 0.0926 e. The third kappa shape index (κ3) is 1.68. The standard InChI is InChI=1S/C6H14N4/c1-6(7)9-2-4-10(8)5-3-9/h7H,2-5,8H2,1H3. The summed E-state index contributed by atoms with van der Waals surface area (Å²) in [6.07, 6.45) is 0. The van der Waals surface area contributed by atoms with Gasteiger partial charge < -0.3 is 4.90 Å². The molecule has 1 rings (SSSR count). The highest BCUT2D eigenvalue weighted by Crippen LogP contribution is 1.96. The number of hydrogen-bond donors (Lipinski definition) is 2. The molecule has 1 saturated heterocycles. The largest absolute Gasteiger partial charge is 0.358 e. The highest BCUT2D eigenvalue weighted by molar-refractivity contribution is 5.76. The normalized spacial score (nSPS) is 21.2. The number of hydrazine groups is 1. The number of hydrogen-bond acceptors (Lipinski definition) is 3. The van der Waals surface area contributed by atoms with Crippen LogP contribution >= 0.6 is 0 Å². The first-order valence-corrected chi connectivity index (χ1v) is 3.50. The molecular weight excluding hydrogens is 128 g/mol. The molecule has 0 aromatic carbocycles. The van der Waals surface area contributed by atoms with Gasteiger partial charge in [0.1, 0.15) is 0 Å². The van der Waals surface area contributed by atoms with Gasteiger partial charge in [-0.3, -0.25) is 11.3 Å². The Morgan fingerprint density at radius 2 is 1.80 bits per heavy atom. The van der Waals surface area contributed by atoms with Gasteiger partial charge in [-0.2, -0.15) is 0 Å². The van der Waals surface area contributed by atoms with Crippen molar-refractivity contribution in [1.29, 1.82) is 5.41 Å². The molecule has 0 amide bonds. The van der Waals surface area contributed by atoms with Gasteiger partial charge in [0.25, 0.3) is 0 Å². The van der Waals surface area contributed by atoms with E-state index in [0.717, 1.165) is 26.2 Å². The van der Waals surface area contributed by atoms with Crippen molar-refractivity contribution >= 4 is 5.84 Å².